The zero-order valence-corrected chi connectivity index (χ0v) is 12.5. The molecule has 0 heterocycles. The third-order valence-electron chi connectivity index (χ3n) is 4.61. The van der Waals surface area contributed by atoms with Crippen LogP contribution in [-0.2, 0) is 5.60 Å². The predicted octanol–water partition coefficient (Wildman–Crippen LogP) is 4.48. The molecule has 2 heteroatoms. The molecule has 1 N–H and O–H groups in total. The second-order valence-corrected chi connectivity index (χ2v) is 6.46. The Labute approximate surface area is 115 Å². The van der Waals surface area contributed by atoms with E-state index < -0.39 is 5.60 Å². The molecule has 1 aliphatic rings. The van der Waals surface area contributed by atoms with Gasteiger partial charge in [-0.3, -0.25) is 0 Å². The number of hydrogen-bond acceptors (Lipinski definition) is 1. The number of halogens is 1. The molecule has 2 rings (SSSR count). The summed E-state index contributed by atoms with van der Waals surface area (Å²) in [7, 11) is 0. The smallest absolute Gasteiger partial charge is 0.129 e. The summed E-state index contributed by atoms with van der Waals surface area (Å²) in [5.41, 5.74) is 1.34. The van der Waals surface area contributed by atoms with Gasteiger partial charge in [-0.2, -0.15) is 0 Å². The molecule has 19 heavy (non-hydrogen) atoms. The number of benzene rings is 1. The summed E-state index contributed by atoms with van der Waals surface area (Å²) in [6.45, 7) is 8.06. The second kappa shape index (κ2) is 5.24. The van der Waals surface area contributed by atoms with E-state index in [1.165, 1.54) is 0 Å². The van der Waals surface area contributed by atoms with Crippen LogP contribution in [0.2, 0.25) is 0 Å². The minimum atomic E-state index is -0.992. The topological polar surface area (TPSA) is 20.2 Å². The van der Waals surface area contributed by atoms with Crippen molar-refractivity contribution in [3.63, 3.8) is 0 Å². The van der Waals surface area contributed by atoms with E-state index in [2.05, 4.69) is 13.8 Å². The molecule has 1 fully saturated rings. The fourth-order valence-corrected chi connectivity index (χ4v) is 3.84. The molecule has 0 aliphatic heterocycles. The fourth-order valence-electron chi connectivity index (χ4n) is 3.84. The SMILES string of the molecule is Cc1cc(C)c(C2(O)CCCCC2C(C)C)c(F)c1. The highest BCUT2D eigenvalue weighted by Gasteiger charge is 2.44. The first-order valence-electron chi connectivity index (χ1n) is 7.36. The summed E-state index contributed by atoms with van der Waals surface area (Å²) < 4.78 is 14.4. The van der Waals surface area contributed by atoms with E-state index in [-0.39, 0.29) is 11.7 Å². The molecule has 0 saturated heterocycles. The first-order chi connectivity index (χ1) is 8.86. The summed E-state index contributed by atoms with van der Waals surface area (Å²) in [6.07, 6.45) is 3.78. The van der Waals surface area contributed by atoms with Crippen molar-refractivity contribution in [2.45, 2.75) is 59.0 Å². The van der Waals surface area contributed by atoms with Gasteiger partial charge < -0.3 is 5.11 Å². The number of aryl methyl sites for hydroxylation is 2. The van der Waals surface area contributed by atoms with Crippen molar-refractivity contribution in [1.82, 2.24) is 0 Å². The summed E-state index contributed by atoms with van der Waals surface area (Å²) in [4.78, 5) is 0. The largest absolute Gasteiger partial charge is 0.385 e. The molecule has 1 aromatic rings. The molecular formula is C17H25FO. The van der Waals surface area contributed by atoms with Gasteiger partial charge in [-0.15, -0.1) is 0 Å². The lowest BCUT2D eigenvalue weighted by Gasteiger charge is -2.43. The maximum absolute atomic E-state index is 14.4. The van der Waals surface area contributed by atoms with E-state index in [4.69, 9.17) is 0 Å². The Morgan fingerprint density at radius 3 is 2.53 bits per heavy atom. The highest BCUT2D eigenvalue weighted by atomic mass is 19.1. The molecule has 1 aliphatic carbocycles. The summed E-state index contributed by atoms with van der Waals surface area (Å²) in [5, 5.41) is 11.2. The summed E-state index contributed by atoms with van der Waals surface area (Å²) in [5.74, 6) is 0.273. The lowest BCUT2D eigenvalue weighted by atomic mass is 9.66. The van der Waals surface area contributed by atoms with Crippen LogP contribution in [0.15, 0.2) is 12.1 Å². The molecule has 1 nitrogen and oxygen atoms in total. The quantitative estimate of drug-likeness (QED) is 0.835. The zero-order valence-electron chi connectivity index (χ0n) is 12.5. The molecule has 0 radical (unpaired) electrons. The van der Waals surface area contributed by atoms with Gasteiger partial charge in [0.25, 0.3) is 0 Å². The van der Waals surface area contributed by atoms with E-state index in [1.807, 2.05) is 19.9 Å². The van der Waals surface area contributed by atoms with Crippen molar-refractivity contribution < 1.29 is 9.50 Å². The first-order valence-corrected chi connectivity index (χ1v) is 7.36. The Morgan fingerprint density at radius 1 is 1.26 bits per heavy atom. The van der Waals surface area contributed by atoms with Crippen molar-refractivity contribution in [2.75, 3.05) is 0 Å². The van der Waals surface area contributed by atoms with Crippen LogP contribution in [-0.4, -0.2) is 5.11 Å². The molecule has 1 saturated carbocycles. The monoisotopic (exact) mass is 264 g/mol. The lowest BCUT2D eigenvalue weighted by Crippen LogP contribution is -2.42. The Hall–Kier alpha value is -0.890. The van der Waals surface area contributed by atoms with Gasteiger partial charge in [-0.25, -0.2) is 4.39 Å². The van der Waals surface area contributed by atoms with Crippen molar-refractivity contribution in [3.05, 3.63) is 34.6 Å². The van der Waals surface area contributed by atoms with Gasteiger partial charge in [0, 0.05) is 5.56 Å². The van der Waals surface area contributed by atoms with E-state index >= 15 is 0 Å². The van der Waals surface area contributed by atoms with Crippen molar-refractivity contribution in [1.29, 1.82) is 0 Å². The predicted molar refractivity (Wildman–Crippen MR) is 76.6 cm³/mol. The summed E-state index contributed by atoms with van der Waals surface area (Å²) in [6, 6.07) is 3.52. The normalized spacial score (nSPS) is 27.8. The molecular weight excluding hydrogens is 239 g/mol. The van der Waals surface area contributed by atoms with E-state index in [9.17, 15) is 9.50 Å². The highest BCUT2D eigenvalue weighted by Crippen LogP contribution is 2.47. The van der Waals surface area contributed by atoms with E-state index in [0.717, 1.165) is 30.4 Å². The van der Waals surface area contributed by atoms with E-state index in [0.29, 0.717) is 17.9 Å². The molecule has 0 bridgehead atoms. The fraction of sp³-hybridized carbons (Fsp3) is 0.647. The van der Waals surface area contributed by atoms with Crippen LogP contribution in [0.25, 0.3) is 0 Å². The van der Waals surface area contributed by atoms with E-state index in [1.54, 1.807) is 6.07 Å². The average Bonchev–Trinajstić information content (AvgIpc) is 2.26. The van der Waals surface area contributed by atoms with Crippen molar-refractivity contribution >= 4 is 0 Å². The van der Waals surface area contributed by atoms with Gasteiger partial charge in [0.15, 0.2) is 0 Å². The molecule has 0 amide bonds. The first kappa shape index (κ1) is 14.5. The van der Waals surface area contributed by atoms with Crippen molar-refractivity contribution in [2.24, 2.45) is 11.8 Å². The zero-order chi connectivity index (χ0) is 14.2. The third kappa shape index (κ3) is 2.55. The molecule has 2 unspecified atom stereocenters. The average molecular weight is 264 g/mol. The number of aliphatic hydroxyl groups is 1. The maximum atomic E-state index is 14.4. The molecule has 0 aromatic heterocycles. The minimum Gasteiger partial charge on any atom is -0.385 e. The van der Waals surface area contributed by atoms with Crippen LogP contribution < -0.4 is 0 Å². The van der Waals surface area contributed by atoms with Gasteiger partial charge in [0.05, 0.1) is 5.60 Å². The van der Waals surface area contributed by atoms with Gasteiger partial charge in [0.2, 0.25) is 0 Å². The Bertz CT molecular complexity index is 443. The van der Waals surface area contributed by atoms with Gasteiger partial charge in [-0.1, -0.05) is 32.8 Å². The van der Waals surface area contributed by atoms with Crippen LogP contribution in [0.3, 0.4) is 0 Å². The molecule has 2 atom stereocenters. The molecule has 0 spiro atoms. The Morgan fingerprint density at radius 2 is 1.95 bits per heavy atom. The summed E-state index contributed by atoms with van der Waals surface area (Å²) >= 11 is 0. The molecule has 1 aromatic carbocycles. The third-order valence-corrected chi connectivity index (χ3v) is 4.61. The van der Waals surface area contributed by atoms with Gasteiger partial charge in [0.1, 0.15) is 5.82 Å². The number of hydrogen-bond donors (Lipinski definition) is 1. The standard InChI is InChI=1S/C17H25FO/c1-11(2)14-7-5-6-8-17(14,19)16-13(4)9-12(3)10-15(16)18/h9-11,14,19H,5-8H2,1-4H3. The Kier molecular flexibility index (Phi) is 4.00. The van der Waals surface area contributed by atoms with Crippen LogP contribution >= 0.6 is 0 Å². The van der Waals surface area contributed by atoms with Crippen molar-refractivity contribution in [3.8, 4) is 0 Å². The van der Waals surface area contributed by atoms with Crippen LogP contribution in [0.1, 0.15) is 56.2 Å². The Balaban J connectivity index is 2.53. The second-order valence-electron chi connectivity index (χ2n) is 6.46. The van der Waals surface area contributed by atoms with Gasteiger partial charge in [-0.05, 0) is 55.7 Å². The van der Waals surface area contributed by atoms with Crippen LogP contribution in [0.5, 0.6) is 0 Å². The number of rotatable bonds is 2. The maximum Gasteiger partial charge on any atom is 0.129 e. The molecule has 106 valence electrons. The van der Waals surface area contributed by atoms with Crippen LogP contribution in [0.4, 0.5) is 4.39 Å². The van der Waals surface area contributed by atoms with Gasteiger partial charge >= 0.3 is 0 Å². The highest BCUT2D eigenvalue weighted by molar-refractivity contribution is 5.37. The lowest BCUT2D eigenvalue weighted by molar-refractivity contribution is -0.0749. The van der Waals surface area contributed by atoms with Crippen LogP contribution in [0, 0.1) is 31.5 Å². The minimum absolute atomic E-state index is 0.150.